The van der Waals surface area contributed by atoms with Gasteiger partial charge in [-0.15, -0.1) is 0 Å². The molecule has 1 aliphatic rings. The van der Waals surface area contributed by atoms with E-state index < -0.39 is 23.5 Å². The van der Waals surface area contributed by atoms with Crippen molar-refractivity contribution in [2.45, 2.75) is 30.8 Å². The van der Waals surface area contributed by atoms with Crippen molar-refractivity contribution in [3.63, 3.8) is 0 Å². The lowest BCUT2D eigenvalue weighted by Crippen LogP contribution is -2.60. The Hall–Kier alpha value is -1.92. The van der Waals surface area contributed by atoms with E-state index in [0.29, 0.717) is 19.6 Å². The first-order valence-electron chi connectivity index (χ1n) is 6.96. The van der Waals surface area contributed by atoms with Crippen LogP contribution in [-0.4, -0.2) is 41.8 Å². The quantitative estimate of drug-likeness (QED) is 0.725. The summed E-state index contributed by atoms with van der Waals surface area (Å²) in [7, 11) is 0. The fraction of sp³-hybridized carbons (Fsp3) is 0.467. The smallest absolute Gasteiger partial charge is 0.329 e. The summed E-state index contributed by atoms with van der Waals surface area (Å²) in [5.41, 5.74) is 5.57. The number of rotatable bonds is 5. The first-order chi connectivity index (χ1) is 10.0. The second-order valence-corrected chi connectivity index (χ2v) is 5.29. The number of hydrogen-bond donors (Lipinski definition) is 3. The number of ether oxygens (including phenoxy) is 1. The third kappa shape index (κ3) is 3.80. The van der Waals surface area contributed by atoms with Crippen molar-refractivity contribution in [1.29, 1.82) is 0 Å². The maximum absolute atomic E-state index is 12.2. The molecule has 114 valence electrons. The summed E-state index contributed by atoms with van der Waals surface area (Å²) in [6.07, 6.45) is 0.886. The Labute approximate surface area is 123 Å². The highest BCUT2D eigenvalue weighted by Gasteiger charge is 2.42. The Bertz CT molecular complexity index is 498. The number of aliphatic carboxylic acids is 1. The summed E-state index contributed by atoms with van der Waals surface area (Å²) in [5, 5.41) is 12.0. The maximum atomic E-state index is 12.2. The van der Waals surface area contributed by atoms with Gasteiger partial charge in [-0.3, -0.25) is 4.79 Å². The Kier molecular flexibility index (Phi) is 4.93. The molecule has 6 nitrogen and oxygen atoms in total. The Morgan fingerprint density at radius 2 is 1.90 bits per heavy atom. The molecule has 1 fully saturated rings. The third-order valence-corrected chi connectivity index (χ3v) is 3.75. The largest absolute Gasteiger partial charge is 0.480 e. The second-order valence-electron chi connectivity index (χ2n) is 5.29. The highest BCUT2D eigenvalue weighted by Crippen LogP contribution is 2.21. The average molecular weight is 292 g/mol. The third-order valence-electron chi connectivity index (χ3n) is 3.75. The molecule has 1 atom stereocenters. The van der Waals surface area contributed by atoms with Gasteiger partial charge in [-0.2, -0.15) is 0 Å². The topological polar surface area (TPSA) is 102 Å². The van der Waals surface area contributed by atoms with E-state index in [0.717, 1.165) is 5.56 Å². The van der Waals surface area contributed by atoms with Crippen LogP contribution in [0.25, 0.3) is 0 Å². The van der Waals surface area contributed by atoms with Gasteiger partial charge in [-0.05, 0) is 12.0 Å². The summed E-state index contributed by atoms with van der Waals surface area (Å²) >= 11 is 0. The molecule has 4 N–H and O–H groups in total. The molecule has 21 heavy (non-hydrogen) atoms. The molecule has 0 radical (unpaired) electrons. The van der Waals surface area contributed by atoms with Crippen molar-refractivity contribution in [3.05, 3.63) is 35.9 Å². The molecular formula is C15H20N2O4. The second kappa shape index (κ2) is 6.69. The molecule has 1 heterocycles. The fourth-order valence-corrected chi connectivity index (χ4v) is 2.40. The first kappa shape index (κ1) is 15.5. The lowest BCUT2D eigenvalue weighted by atomic mass is 9.89. The minimum absolute atomic E-state index is 0.256. The predicted molar refractivity (Wildman–Crippen MR) is 76.7 cm³/mol. The number of benzene rings is 1. The van der Waals surface area contributed by atoms with Crippen LogP contribution in [0.5, 0.6) is 0 Å². The van der Waals surface area contributed by atoms with E-state index in [2.05, 4.69) is 5.32 Å². The van der Waals surface area contributed by atoms with Crippen LogP contribution in [0.4, 0.5) is 0 Å². The maximum Gasteiger partial charge on any atom is 0.329 e. The number of amides is 1. The normalized spacial score (nSPS) is 18.7. The Balaban J connectivity index is 2.00. The van der Waals surface area contributed by atoms with E-state index in [1.165, 1.54) is 0 Å². The number of nitrogens with two attached hydrogens (primary N) is 1. The van der Waals surface area contributed by atoms with Crippen LogP contribution in [0.2, 0.25) is 0 Å². The van der Waals surface area contributed by atoms with E-state index >= 15 is 0 Å². The molecule has 1 amide bonds. The van der Waals surface area contributed by atoms with Crippen LogP contribution in [-0.2, 0) is 20.7 Å². The van der Waals surface area contributed by atoms with Crippen molar-refractivity contribution in [2.24, 2.45) is 5.73 Å². The summed E-state index contributed by atoms with van der Waals surface area (Å²) in [6, 6.07) is 8.63. The summed E-state index contributed by atoms with van der Waals surface area (Å²) in [4.78, 5) is 23.7. The number of carboxylic acids is 1. The van der Waals surface area contributed by atoms with E-state index in [1.54, 1.807) is 0 Å². The number of hydrogen-bond acceptors (Lipinski definition) is 4. The zero-order valence-electron chi connectivity index (χ0n) is 11.7. The summed E-state index contributed by atoms with van der Waals surface area (Å²) in [5.74, 6) is -1.48. The van der Waals surface area contributed by atoms with E-state index in [9.17, 15) is 14.7 Å². The molecule has 1 aromatic carbocycles. The lowest BCUT2D eigenvalue weighted by molar-refractivity contribution is -0.152. The molecular weight excluding hydrogens is 272 g/mol. The predicted octanol–water partition coefficient (Wildman–Crippen LogP) is 0.306. The van der Waals surface area contributed by atoms with Crippen molar-refractivity contribution in [2.75, 3.05) is 13.2 Å². The number of carbonyl (C=O) groups excluding carboxylic acids is 1. The van der Waals surface area contributed by atoms with E-state index in [-0.39, 0.29) is 12.8 Å². The molecule has 0 bridgehead atoms. The highest BCUT2D eigenvalue weighted by molar-refractivity contribution is 5.89. The Morgan fingerprint density at radius 3 is 2.48 bits per heavy atom. The van der Waals surface area contributed by atoms with Crippen LogP contribution < -0.4 is 11.1 Å². The molecule has 1 aromatic rings. The Morgan fingerprint density at radius 1 is 1.29 bits per heavy atom. The van der Waals surface area contributed by atoms with E-state index in [1.807, 2.05) is 30.3 Å². The molecule has 2 rings (SSSR count). The number of carbonyl (C=O) groups is 2. The molecule has 6 heteroatoms. The van der Waals surface area contributed by atoms with E-state index in [4.69, 9.17) is 10.5 Å². The van der Waals surface area contributed by atoms with Crippen LogP contribution in [0.15, 0.2) is 30.3 Å². The van der Waals surface area contributed by atoms with Crippen LogP contribution in [0.3, 0.4) is 0 Å². The number of nitrogens with one attached hydrogen (secondary N) is 1. The molecule has 0 aromatic heterocycles. The van der Waals surface area contributed by atoms with Gasteiger partial charge in [0.1, 0.15) is 5.54 Å². The van der Waals surface area contributed by atoms with Gasteiger partial charge in [0.05, 0.1) is 6.04 Å². The van der Waals surface area contributed by atoms with Crippen molar-refractivity contribution >= 4 is 11.9 Å². The minimum atomic E-state index is -1.26. The standard InChI is InChI=1S/C15H20N2O4/c16-12(10-11-4-2-1-3-5-11)13(18)17-15(14(19)20)6-8-21-9-7-15/h1-5,12H,6-10,16H2,(H,17,18)(H,19,20). The highest BCUT2D eigenvalue weighted by atomic mass is 16.5. The number of carboxylic acid groups (broad SMARTS) is 1. The van der Waals surface area contributed by atoms with Gasteiger partial charge >= 0.3 is 5.97 Å². The van der Waals surface area contributed by atoms with Gasteiger partial charge < -0.3 is 20.9 Å². The zero-order chi connectivity index (χ0) is 15.3. The summed E-state index contributed by atoms with van der Waals surface area (Å²) in [6.45, 7) is 0.640. The zero-order valence-corrected chi connectivity index (χ0v) is 11.7. The monoisotopic (exact) mass is 292 g/mol. The van der Waals surface area contributed by atoms with Crippen LogP contribution in [0, 0.1) is 0 Å². The molecule has 1 aliphatic heterocycles. The molecule has 0 saturated carbocycles. The molecule has 1 unspecified atom stereocenters. The van der Waals surface area contributed by atoms with Gasteiger partial charge in [0.25, 0.3) is 0 Å². The van der Waals surface area contributed by atoms with Gasteiger partial charge in [0.2, 0.25) is 5.91 Å². The van der Waals surface area contributed by atoms with Crippen molar-refractivity contribution < 1.29 is 19.4 Å². The van der Waals surface area contributed by atoms with Gasteiger partial charge in [0.15, 0.2) is 0 Å². The minimum Gasteiger partial charge on any atom is -0.480 e. The van der Waals surface area contributed by atoms with Gasteiger partial charge in [-0.1, -0.05) is 30.3 Å². The lowest BCUT2D eigenvalue weighted by Gasteiger charge is -2.34. The first-order valence-corrected chi connectivity index (χ1v) is 6.96. The van der Waals surface area contributed by atoms with Crippen LogP contribution >= 0.6 is 0 Å². The molecule has 1 saturated heterocycles. The van der Waals surface area contributed by atoms with Gasteiger partial charge in [0, 0.05) is 26.1 Å². The SMILES string of the molecule is NC(Cc1ccccc1)C(=O)NC1(C(=O)O)CCOCC1. The molecule has 0 spiro atoms. The van der Waals surface area contributed by atoms with Gasteiger partial charge in [-0.25, -0.2) is 4.79 Å². The van der Waals surface area contributed by atoms with Crippen molar-refractivity contribution in [1.82, 2.24) is 5.32 Å². The fourth-order valence-electron chi connectivity index (χ4n) is 2.40. The average Bonchev–Trinajstić information content (AvgIpc) is 2.49. The summed E-state index contributed by atoms with van der Waals surface area (Å²) < 4.78 is 5.17. The molecule has 0 aliphatic carbocycles. The van der Waals surface area contributed by atoms with Crippen LogP contribution in [0.1, 0.15) is 18.4 Å². The van der Waals surface area contributed by atoms with Crippen molar-refractivity contribution in [3.8, 4) is 0 Å².